The highest BCUT2D eigenvalue weighted by atomic mass is 32.1. The summed E-state index contributed by atoms with van der Waals surface area (Å²) >= 11 is 1.42. The van der Waals surface area contributed by atoms with Crippen LogP contribution >= 0.6 is 11.3 Å². The Bertz CT molecular complexity index is 695. The van der Waals surface area contributed by atoms with Crippen molar-refractivity contribution in [1.29, 1.82) is 0 Å². The van der Waals surface area contributed by atoms with Gasteiger partial charge in [0, 0.05) is 10.9 Å². The summed E-state index contributed by atoms with van der Waals surface area (Å²) in [6.07, 6.45) is 2.97. The number of carbonyl (C=O) groups is 1. The summed E-state index contributed by atoms with van der Waals surface area (Å²) < 4.78 is 4.91. The van der Waals surface area contributed by atoms with E-state index >= 15 is 0 Å². The predicted octanol–water partition coefficient (Wildman–Crippen LogP) is 3.57. The Balaban J connectivity index is 1.99. The van der Waals surface area contributed by atoms with Crippen molar-refractivity contribution in [2.45, 2.75) is 33.6 Å². The van der Waals surface area contributed by atoms with E-state index in [0.29, 0.717) is 17.4 Å². The molecule has 1 heterocycles. The molecule has 0 saturated heterocycles. The van der Waals surface area contributed by atoms with Crippen molar-refractivity contribution in [3.8, 4) is 0 Å². The minimum absolute atomic E-state index is 0.188. The fraction of sp³-hybridized carbons (Fsp3) is 0.353. The lowest BCUT2D eigenvalue weighted by molar-refractivity contribution is -0.142. The van der Waals surface area contributed by atoms with Crippen LogP contribution in [0.3, 0.4) is 0 Å². The number of benzene rings is 1. The van der Waals surface area contributed by atoms with E-state index in [1.165, 1.54) is 22.5 Å². The van der Waals surface area contributed by atoms with Crippen LogP contribution < -0.4 is 5.43 Å². The lowest BCUT2D eigenvalue weighted by atomic mass is 10.0. The second kappa shape index (κ2) is 8.43. The standard InChI is InChI=1S/C17H21N3O2S/c1-4-13-8-6-7-12(3)15(13)10-18-20-17-19-14(11-23-17)9-16(21)22-5-2/h6-8,10-11H,4-5,9H2,1-3H3,(H,19,20). The average Bonchev–Trinajstić information content (AvgIpc) is 2.96. The minimum atomic E-state index is -0.264. The molecule has 0 spiro atoms. The molecule has 0 atom stereocenters. The summed E-state index contributed by atoms with van der Waals surface area (Å²) in [6, 6.07) is 6.23. The zero-order valence-electron chi connectivity index (χ0n) is 13.6. The quantitative estimate of drug-likeness (QED) is 0.479. The lowest BCUT2D eigenvalue weighted by Gasteiger charge is -2.06. The number of ether oxygens (including phenoxy) is 1. The number of nitrogens with one attached hydrogen (secondary N) is 1. The molecule has 6 heteroatoms. The van der Waals surface area contributed by atoms with Gasteiger partial charge in [-0.15, -0.1) is 11.3 Å². The number of carbonyl (C=O) groups excluding carboxylic acids is 1. The molecule has 0 saturated carbocycles. The van der Waals surface area contributed by atoms with Crippen molar-refractivity contribution in [2.75, 3.05) is 12.0 Å². The van der Waals surface area contributed by atoms with Gasteiger partial charge in [-0.2, -0.15) is 5.10 Å². The Kier molecular flexibility index (Phi) is 6.29. The number of esters is 1. The summed E-state index contributed by atoms with van der Waals surface area (Å²) in [4.78, 5) is 15.7. The van der Waals surface area contributed by atoms with Crippen molar-refractivity contribution in [3.63, 3.8) is 0 Å². The summed E-state index contributed by atoms with van der Waals surface area (Å²) in [7, 11) is 0. The van der Waals surface area contributed by atoms with Gasteiger partial charge in [0.15, 0.2) is 0 Å². The minimum Gasteiger partial charge on any atom is -0.466 e. The molecule has 0 bridgehead atoms. The number of hydrazone groups is 1. The molecule has 122 valence electrons. The van der Waals surface area contributed by atoms with Crippen molar-refractivity contribution in [1.82, 2.24) is 4.98 Å². The van der Waals surface area contributed by atoms with E-state index in [1.54, 1.807) is 6.92 Å². The van der Waals surface area contributed by atoms with Gasteiger partial charge in [-0.25, -0.2) is 4.98 Å². The van der Waals surface area contributed by atoms with E-state index in [2.05, 4.69) is 47.6 Å². The number of hydrogen-bond acceptors (Lipinski definition) is 6. The molecule has 0 amide bonds. The molecule has 0 radical (unpaired) electrons. The summed E-state index contributed by atoms with van der Waals surface area (Å²) in [5, 5.41) is 6.76. The van der Waals surface area contributed by atoms with E-state index in [1.807, 2.05) is 11.6 Å². The molecule has 0 unspecified atom stereocenters. The molecule has 0 aliphatic carbocycles. The van der Waals surface area contributed by atoms with E-state index < -0.39 is 0 Å². The van der Waals surface area contributed by atoms with Crippen LogP contribution in [-0.2, 0) is 22.4 Å². The molecule has 23 heavy (non-hydrogen) atoms. The van der Waals surface area contributed by atoms with Gasteiger partial charge in [0.2, 0.25) is 5.13 Å². The molecule has 1 N–H and O–H groups in total. The van der Waals surface area contributed by atoms with Gasteiger partial charge in [0.1, 0.15) is 0 Å². The second-order valence-corrected chi connectivity index (χ2v) is 5.86. The van der Waals surface area contributed by atoms with E-state index in [-0.39, 0.29) is 12.4 Å². The van der Waals surface area contributed by atoms with Crippen LogP contribution in [0.15, 0.2) is 28.7 Å². The summed E-state index contributed by atoms with van der Waals surface area (Å²) in [5.74, 6) is -0.264. The number of anilines is 1. The van der Waals surface area contributed by atoms with E-state index in [4.69, 9.17) is 4.74 Å². The summed E-state index contributed by atoms with van der Waals surface area (Å²) in [5.41, 5.74) is 7.20. The predicted molar refractivity (Wildman–Crippen MR) is 94.2 cm³/mol. The van der Waals surface area contributed by atoms with Gasteiger partial charge in [0.05, 0.1) is 24.9 Å². The first-order valence-electron chi connectivity index (χ1n) is 7.61. The first kappa shape index (κ1) is 17.1. The fourth-order valence-electron chi connectivity index (χ4n) is 2.19. The fourth-order valence-corrected chi connectivity index (χ4v) is 2.84. The first-order chi connectivity index (χ1) is 11.1. The largest absolute Gasteiger partial charge is 0.466 e. The highest BCUT2D eigenvalue weighted by Gasteiger charge is 2.08. The van der Waals surface area contributed by atoms with Gasteiger partial charge in [-0.1, -0.05) is 25.1 Å². The van der Waals surface area contributed by atoms with Crippen LogP contribution in [0.5, 0.6) is 0 Å². The van der Waals surface area contributed by atoms with Crippen molar-refractivity contribution in [3.05, 3.63) is 46.0 Å². The summed E-state index contributed by atoms with van der Waals surface area (Å²) in [6.45, 7) is 6.37. The van der Waals surface area contributed by atoms with Gasteiger partial charge < -0.3 is 4.74 Å². The molecule has 2 rings (SSSR count). The molecule has 5 nitrogen and oxygen atoms in total. The van der Waals surface area contributed by atoms with Crippen LogP contribution in [0, 0.1) is 6.92 Å². The Hall–Kier alpha value is -2.21. The maximum Gasteiger partial charge on any atom is 0.311 e. The molecule has 1 aromatic heterocycles. The maximum absolute atomic E-state index is 11.4. The van der Waals surface area contributed by atoms with Crippen LogP contribution in [-0.4, -0.2) is 23.8 Å². The molecule has 0 aliphatic rings. The van der Waals surface area contributed by atoms with Gasteiger partial charge >= 0.3 is 5.97 Å². The number of aryl methyl sites for hydroxylation is 2. The number of hydrogen-bond donors (Lipinski definition) is 1. The highest BCUT2D eigenvalue weighted by Crippen LogP contribution is 2.17. The number of rotatable bonds is 7. The Morgan fingerprint density at radius 1 is 1.43 bits per heavy atom. The van der Waals surface area contributed by atoms with Gasteiger partial charge in [-0.05, 0) is 31.4 Å². The van der Waals surface area contributed by atoms with Crippen molar-refractivity contribution < 1.29 is 9.53 Å². The monoisotopic (exact) mass is 331 g/mol. The molecule has 0 aliphatic heterocycles. The third-order valence-electron chi connectivity index (χ3n) is 3.33. The molecular weight excluding hydrogens is 310 g/mol. The zero-order chi connectivity index (χ0) is 16.7. The molecule has 2 aromatic rings. The third kappa shape index (κ3) is 4.89. The number of nitrogens with zero attached hydrogens (tertiary/aromatic N) is 2. The van der Waals surface area contributed by atoms with Crippen LogP contribution in [0.25, 0.3) is 0 Å². The maximum atomic E-state index is 11.4. The first-order valence-corrected chi connectivity index (χ1v) is 8.49. The normalized spacial score (nSPS) is 10.9. The second-order valence-electron chi connectivity index (χ2n) is 5.00. The van der Waals surface area contributed by atoms with E-state index in [0.717, 1.165) is 12.0 Å². The smallest absolute Gasteiger partial charge is 0.311 e. The Morgan fingerprint density at radius 2 is 2.26 bits per heavy atom. The van der Waals surface area contributed by atoms with Gasteiger partial charge in [0.25, 0.3) is 0 Å². The zero-order valence-corrected chi connectivity index (χ0v) is 14.4. The number of thiazole rings is 1. The van der Waals surface area contributed by atoms with E-state index in [9.17, 15) is 4.79 Å². The topological polar surface area (TPSA) is 63.6 Å². The highest BCUT2D eigenvalue weighted by molar-refractivity contribution is 7.13. The molecule has 1 aromatic carbocycles. The number of aromatic nitrogens is 1. The third-order valence-corrected chi connectivity index (χ3v) is 4.13. The van der Waals surface area contributed by atoms with Gasteiger partial charge in [-0.3, -0.25) is 10.2 Å². The average molecular weight is 331 g/mol. The van der Waals surface area contributed by atoms with Crippen molar-refractivity contribution >= 4 is 28.7 Å². The van der Waals surface area contributed by atoms with Crippen LogP contribution in [0.2, 0.25) is 0 Å². The van der Waals surface area contributed by atoms with Crippen LogP contribution in [0.4, 0.5) is 5.13 Å². The molecule has 0 fully saturated rings. The van der Waals surface area contributed by atoms with Crippen LogP contribution in [0.1, 0.15) is 36.2 Å². The Labute approximate surface area is 140 Å². The molecular formula is C17H21N3O2S. The SMILES string of the molecule is CCOC(=O)Cc1csc(NN=Cc2c(C)cccc2CC)n1. The Morgan fingerprint density at radius 3 is 3.00 bits per heavy atom. The van der Waals surface area contributed by atoms with Crippen molar-refractivity contribution in [2.24, 2.45) is 5.10 Å². The lowest BCUT2D eigenvalue weighted by Crippen LogP contribution is -2.07.